The number of likely N-dealkylation sites (N-methyl/N-ethyl adjacent to an activating group) is 1. The van der Waals surface area contributed by atoms with Gasteiger partial charge in [-0.15, -0.1) is 0 Å². The van der Waals surface area contributed by atoms with Crippen molar-refractivity contribution in [2.75, 3.05) is 26.9 Å². The number of carbonyl (C=O) groups excluding carboxylic acids is 2. The second-order valence-electron chi connectivity index (χ2n) is 8.48. The molecule has 160 valence electrons. The normalized spacial score (nSPS) is 20.2. The monoisotopic (exact) mass is 419 g/mol. The molecule has 0 spiro atoms. The number of aliphatic hydroxyl groups is 2. The highest BCUT2D eigenvalue weighted by atomic mass is 16.3. The maximum atomic E-state index is 13.0. The number of hydrogen-bond acceptors (Lipinski definition) is 5. The first-order chi connectivity index (χ1) is 15.0. The molecular weight excluding hydrogens is 394 g/mol. The van der Waals surface area contributed by atoms with Gasteiger partial charge in [0.25, 0.3) is 0 Å². The summed E-state index contributed by atoms with van der Waals surface area (Å²) in [7, 11) is 1.85. The molecule has 7 nitrogen and oxygen atoms in total. The van der Waals surface area contributed by atoms with Crippen LogP contribution in [0.5, 0.6) is 0 Å². The van der Waals surface area contributed by atoms with Crippen molar-refractivity contribution < 1.29 is 19.8 Å². The summed E-state index contributed by atoms with van der Waals surface area (Å²) in [5, 5.41) is 19.8. The fraction of sp³-hybridized carbons (Fsp3) is 0.333. The van der Waals surface area contributed by atoms with Gasteiger partial charge < -0.3 is 19.7 Å². The Balaban J connectivity index is 1.63. The van der Waals surface area contributed by atoms with E-state index >= 15 is 0 Å². The number of carbonyl (C=O) groups is 2. The minimum Gasteiger partial charge on any atom is -0.392 e. The number of fused-ring (bicyclic) bond motifs is 6. The van der Waals surface area contributed by atoms with Crippen LogP contribution in [0.15, 0.2) is 42.5 Å². The van der Waals surface area contributed by atoms with Crippen LogP contribution >= 0.6 is 0 Å². The first-order valence-corrected chi connectivity index (χ1v) is 10.4. The van der Waals surface area contributed by atoms with Gasteiger partial charge in [0.15, 0.2) is 5.78 Å². The van der Waals surface area contributed by atoms with Crippen LogP contribution in [0.25, 0.3) is 10.9 Å². The zero-order valence-electron chi connectivity index (χ0n) is 17.4. The Bertz CT molecular complexity index is 1180. The zero-order chi connectivity index (χ0) is 21.7. The van der Waals surface area contributed by atoms with Gasteiger partial charge >= 0.3 is 0 Å². The fourth-order valence-corrected chi connectivity index (χ4v) is 4.96. The van der Waals surface area contributed by atoms with Crippen LogP contribution < -0.4 is 0 Å². The molecule has 2 aliphatic heterocycles. The number of aliphatic hydroxyl groups excluding tert-OH is 2. The van der Waals surface area contributed by atoms with Crippen LogP contribution in [-0.4, -0.2) is 63.1 Å². The molecule has 0 saturated carbocycles. The van der Waals surface area contributed by atoms with E-state index < -0.39 is 6.61 Å². The van der Waals surface area contributed by atoms with Crippen LogP contribution in [0, 0.1) is 0 Å². The number of Topliss-reactive ketones (excluding diaryl/α,β-unsaturated/α-hetero) is 1. The molecule has 2 aromatic carbocycles. The minimum atomic E-state index is -0.498. The Hall–Kier alpha value is -3.00. The number of amides is 1. The van der Waals surface area contributed by atoms with E-state index in [4.69, 9.17) is 5.11 Å². The molecule has 5 rings (SSSR count). The molecule has 31 heavy (non-hydrogen) atoms. The largest absolute Gasteiger partial charge is 0.392 e. The van der Waals surface area contributed by atoms with Crippen molar-refractivity contribution in [3.63, 3.8) is 0 Å². The van der Waals surface area contributed by atoms with Crippen molar-refractivity contribution in [2.24, 2.45) is 0 Å². The van der Waals surface area contributed by atoms with Gasteiger partial charge in [0, 0.05) is 48.8 Å². The molecule has 7 heteroatoms. The number of hydrogen-bond donors (Lipinski definition) is 2. The summed E-state index contributed by atoms with van der Waals surface area (Å²) in [5.74, 6) is -0.364. The number of rotatable bonds is 5. The molecule has 1 saturated heterocycles. The standard InChI is InChI=1S/C24H25N3O4/c1-25-14-26-10-19(24(25)31)23-18-8-16(12-28)4-7-20(18)27(21(23)11-26)9-15-2-5-17(6-3-15)22(30)13-29/h2-8,19,28-29H,9-14H2,1H3. The van der Waals surface area contributed by atoms with Gasteiger partial charge in [-0.3, -0.25) is 14.5 Å². The number of benzene rings is 2. The highest BCUT2D eigenvalue weighted by molar-refractivity contribution is 5.97. The Morgan fingerprint density at radius 2 is 1.84 bits per heavy atom. The van der Waals surface area contributed by atoms with E-state index in [1.165, 1.54) is 0 Å². The Kier molecular flexibility index (Phi) is 4.89. The molecule has 2 atom stereocenters. The molecule has 1 fully saturated rings. The summed E-state index contributed by atoms with van der Waals surface area (Å²) < 4.78 is 2.26. The molecule has 2 N–H and O–H groups in total. The Labute approximate surface area is 180 Å². The summed E-state index contributed by atoms with van der Waals surface area (Å²) in [6, 6.07) is 13.3. The minimum absolute atomic E-state index is 0.0408. The van der Waals surface area contributed by atoms with E-state index in [1.54, 1.807) is 17.0 Å². The van der Waals surface area contributed by atoms with Crippen molar-refractivity contribution in [1.82, 2.24) is 14.4 Å². The molecule has 0 aliphatic carbocycles. The van der Waals surface area contributed by atoms with Gasteiger partial charge in [0.2, 0.25) is 5.91 Å². The van der Waals surface area contributed by atoms with Gasteiger partial charge in [-0.2, -0.15) is 0 Å². The topological polar surface area (TPSA) is 86.0 Å². The summed E-state index contributed by atoms with van der Waals surface area (Å²) in [4.78, 5) is 28.8. The molecule has 2 aliphatic rings. The van der Waals surface area contributed by atoms with Crippen LogP contribution in [0.1, 0.15) is 38.7 Å². The summed E-state index contributed by atoms with van der Waals surface area (Å²) in [6.45, 7) is 2.17. The Morgan fingerprint density at radius 3 is 2.55 bits per heavy atom. The average Bonchev–Trinajstić information content (AvgIpc) is 3.09. The van der Waals surface area contributed by atoms with E-state index in [9.17, 15) is 14.7 Å². The van der Waals surface area contributed by atoms with Crippen LogP contribution in [0.4, 0.5) is 0 Å². The van der Waals surface area contributed by atoms with E-state index in [2.05, 4.69) is 9.47 Å². The fourth-order valence-electron chi connectivity index (χ4n) is 4.96. The van der Waals surface area contributed by atoms with Crippen LogP contribution in [0.2, 0.25) is 0 Å². The first-order valence-electron chi connectivity index (χ1n) is 10.4. The van der Waals surface area contributed by atoms with E-state index in [-0.39, 0.29) is 24.2 Å². The van der Waals surface area contributed by atoms with E-state index in [0.717, 1.165) is 46.4 Å². The van der Waals surface area contributed by atoms with Crippen molar-refractivity contribution in [2.45, 2.75) is 25.6 Å². The third-order valence-electron chi connectivity index (χ3n) is 6.47. The van der Waals surface area contributed by atoms with E-state index in [1.807, 2.05) is 37.4 Å². The molecule has 3 aromatic rings. The lowest BCUT2D eigenvalue weighted by molar-refractivity contribution is -0.139. The lowest BCUT2D eigenvalue weighted by atomic mass is 9.89. The van der Waals surface area contributed by atoms with Gasteiger partial charge in [0.05, 0.1) is 19.2 Å². The van der Waals surface area contributed by atoms with Crippen molar-refractivity contribution >= 4 is 22.6 Å². The molecular formula is C24H25N3O4. The second-order valence-corrected chi connectivity index (χ2v) is 8.48. The summed E-state index contributed by atoms with van der Waals surface area (Å²) in [5.41, 5.74) is 5.62. The summed E-state index contributed by atoms with van der Waals surface area (Å²) >= 11 is 0. The van der Waals surface area contributed by atoms with Crippen LogP contribution in [0.3, 0.4) is 0 Å². The maximum Gasteiger partial charge on any atom is 0.232 e. The molecule has 0 radical (unpaired) electrons. The van der Waals surface area contributed by atoms with Gasteiger partial charge in [-0.05, 0) is 28.8 Å². The van der Waals surface area contributed by atoms with Crippen molar-refractivity contribution in [1.29, 1.82) is 0 Å². The highest BCUT2D eigenvalue weighted by Gasteiger charge is 2.40. The zero-order valence-corrected chi connectivity index (χ0v) is 17.4. The molecule has 2 bridgehead atoms. The number of nitrogens with zero attached hydrogens (tertiary/aromatic N) is 3. The second kappa shape index (κ2) is 7.60. The number of ketones is 1. The predicted molar refractivity (Wildman–Crippen MR) is 116 cm³/mol. The van der Waals surface area contributed by atoms with Crippen molar-refractivity contribution in [3.8, 4) is 0 Å². The average molecular weight is 419 g/mol. The van der Waals surface area contributed by atoms with Crippen molar-refractivity contribution in [3.05, 3.63) is 70.4 Å². The molecule has 2 unspecified atom stereocenters. The third kappa shape index (κ3) is 3.26. The lowest BCUT2D eigenvalue weighted by Gasteiger charge is -2.42. The van der Waals surface area contributed by atoms with Gasteiger partial charge in [-0.25, -0.2) is 0 Å². The quantitative estimate of drug-likeness (QED) is 0.615. The SMILES string of the molecule is CN1CN2Cc3c(c4cc(CO)ccc4n3Cc3ccc(C(=O)CO)cc3)C(C2)C1=O. The first kappa shape index (κ1) is 19.9. The predicted octanol–water partition coefficient (Wildman–Crippen LogP) is 1.69. The molecule has 1 amide bonds. The van der Waals surface area contributed by atoms with Gasteiger partial charge in [-0.1, -0.05) is 30.3 Å². The molecule has 1 aromatic heterocycles. The molecule has 3 heterocycles. The highest BCUT2D eigenvalue weighted by Crippen LogP contribution is 2.40. The lowest BCUT2D eigenvalue weighted by Crippen LogP contribution is -2.52. The maximum absolute atomic E-state index is 13.0. The summed E-state index contributed by atoms with van der Waals surface area (Å²) in [6.07, 6.45) is 0. The Morgan fingerprint density at radius 1 is 1.10 bits per heavy atom. The van der Waals surface area contributed by atoms with Gasteiger partial charge in [0.1, 0.15) is 6.61 Å². The van der Waals surface area contributed by atoms with E-state index in [0.29, 0.717) is 18.8 Å². The smallest absolute Gasteiger partial charge is 0.232 e. The number of aromatic nitrogens is 1. The van der Waals surface area contributed by atoms with Crippen LogP contribution in [-0.2, 0) is 24.5 Å². The third-order valence-corrected chi connectivity index (χ3v) is 6.47.